The highest BCUT2D eigenvalue weighted by atomic mass is 32.2. The summed E-state index contributed by atoms with van der Waals surface area (Å²) in [4.78, 5) is 0. The molecule has 1 N–H and O–H groups in total. The number of thiocarbonyl (C=S) groups is 1. The van der Waals surface area contributed by atoms with E-state index in [9.17, 15) is 0 Å². The molecule has 0 heterocycles. The van der Waals surface area contributed by atoms with Gasteiger partial charge >= 0.3 is 0 Å². The number of thioether (sulfide) groups is 2. The molecule has 0 unspecified atom stereocenters. The zero-order chi connectivity index (χ0) is 18.2. The molecule has 0 aliphatic heterocycles. The molecule has 0 atom stereocenters. The molecule has 0 amide bonds. The van der Waals surface area contributed by atoms with Crippen molar-refractivity contribution in [2.75, 3.05) is 5.75 Å². The average molecular weight is 399 g/mol. The van der Waals surface area contributed by atoms with Crippen LogP contribution in [0.1, 0.15) is 82.3 Å². The summed E-state index contributed by atoms with van der Waals surface area (Å²) in [6.07, 6.45) is 13.9. The van der Waals surface area contributed by atoms with Crippen molar-refractivity contribution < 1.29 is 5.11 Å². The predicted molar refractivity (Wildman–Crippen MR) is 121 cm³/mol. The van der Waals surface area contributed by atoms with Crippen LogP contribution in [-0.2, 0) is 12.4 Å². The first kappa shape index (κ1) is 23.0. The first-order valence-corrected chi connectivity index (χ1v) is 12.1. The molecule has 0 aliphatic carbocycles. The Balaban J connectivity index is 1.91. The van der Waals surface area contributed by atoms with Crippen LogP contribution in [0.3, 0.4) is 0 Å². The number of hydrogen-bond acceptors (Lipinski definition) is 4. The summed E-state index contributed by atoms with van der Waals surface area (Å²) in [6.45, 7) is 2.39. The molecule has 0 aromatic heterocycles. The van der Waals surface area contributed by atoms with Gasteiger partial charge in [-0.1, -0.05) is 101 Å². The van der Waals surface area contributed by atoms with E-state index in [1.54, 1.807) is 11.8 Å². The number of aliphatic hydroxyl groups excluding tert-OH is 1. The summed E-state index contributed by atoms with van der Waals surface area (Å²) in [7, 11) is 0. The zero-order valence-electron chi connectivity index (χ0n) is 15.7. The number of benzene rings is 1. The largest absolute Gasteiger partial charge is 0.392 e. The van der Waals surface area contributed by atoms with Crippen LogP contribution in [-0.4, -0.2) is 14.4 Å². The number of unbranched alkanes of at least 4 members (excludes halogenated alkanes) is 9. The van der Waals surface area contributed by atoms with Crippen molar-refractivity contribution in [3.05, 3.63) is 35.4 Å². The Bertz CT molecular complexity index is 445. The van der Waals surface area contributed by atoms with E-state index in [2.05, 4.69) is 19.1 Å². The molecule has 0 aliphatic rings. The van der Waals surface area contributed by atoms with E-state index < -0.39 is 0 Å². The lowest BCUT2D eigenvalue weighted by Crippen LogP contribution is -1.89. The molecule has 0 radical (unpaired) electrons. The Morgan fingerprint density at radius 3 is 1.88 bits per heavy atom. The van der Waals surface area contributed by atoms with E-state index in [0.29, 0.717) is 0 Å². The van der Waals surface area contributed by atoms with Gasteiger partial charge in [-0.15, -0.1) is 23.5 Å². The molecular weight excluding hydrogens is 364 g/mol. The summed E-state index contributed by atoms with van der Waals surface area (Å²) < 4.78 is 1.06. The van der Waals surface area contributed by atoms with Crippen LogP contribution in [0.15, 0.2) is 24.3 Å². The molecule has 1 rings (SSSR count). The second-order valence-electron chi connectivity index (χ2n) is 6.54. The van der Waals surface area contributed by atoms with Gasteiger partial charge in [0, 0.05) is 5.75 Å². The Morgan fingerprint density at radius 2 is 1.32 bits per heavy atom. The first-order valence-electron chi connectivity index (χ1n) is 9.74. The van der Waals surface area contributed by atoms with Gasteiger partial charge in [0.1, 0.15) is 3.53 Å². The number of hydrogen-bond donors (Lipinski definition) is 1. The molecule has 1 aromatic rings. The molecular formula is C21H34OS3. The Morgan fingerprint density at radius 1 is 0.800 bits per heavy atom. The Labute approximate surface area is 168 Å². The van der Waals surface area contributed by atoms with Gasteiger partial charge < -0.3 is 5.11 Å². The minimum absolute atomic E-state index is 0.112. The van der Waals surface area contributed by atoms with E-state index in [1.807, 2.05) is 23.9 Å². The van der Waals surface area contributed by atoms with Crippen LogP contribution >= 0.6 is 35.7 Å². The van der Waals surface area contributed by atoms with E-state index in [-0.39, 0.29) is 6.61 Å². The minimum Gasteiger partial charge on any atom is -0.392 e. The minimum atomic E-state index is 0.112. The van der Waals surface area contributed by atoms with Crippen molar-refractivity contribution >= 4 is 39.3 Å². The fourth-order valence-corrected chi connectivity index (χ4v) is 4.85. The third-order valence-corrected chi connectivity index (χ3v) is 7.14. The Kier molecular flexibility index (Phi) is 14.9. The molecule has 0 bridgehead atoms. The summed E-state index contributed by atoms with van der Waals surface area (Å²) >= 11 is 9.05. The van der Waals surface area contributed by atoms with Gasteiger partial charge in [0.05, 0.1) is 6.61 Å². The monoisotopic (exact) mass is 398 g/mol. The molecule has 0 saturated heterocycles. The van der Waals surface area contributed by atoms with Crippen LogP contribution in [0.2, 0.25) is 0 Å². The lowest BCUT2D eigenvalue weighted by Gasteiger charge is -2.05. The van der Waals surface area contributed by atoms with Gasteiger partial charge in [0.2, 0.25) is 0 Å². The van der Waals surface area contributed by atoms with E-state index in [4.69, 9.17) is 17.3 Å². The third-order valence-electron chi connectivity index (χ3n) is 4.28. The maximum atomic E-state index is 9.05. The molecule has 1 nitrogen and oxygen atoms in total. The third kappa shape index (κ3) is 12.9. The second kappa shape index (κ2) is 16.2. The van der Waals surface area contributed by atoms with Crippen LogP contribution in [0.5, 0.6) is 0 Å². The van der Waals surface area contributed by atoms with Gasteiger partial charge in [-0.05, 0) is 23.3 Å². The van der Waals surface area contributed by atoms with E-state index in [1.165, 1.54) is 69.8 Å². The van der Waals surface area contributed by atoms with Crippen molar-refractivity contribution in [3.8, 4) is 0 Å². The summed E-state index contributed by atoms with van der Waals surface area (Å²) in [6, 6.07) is 8.12. The first-order chi connectivity index (χ1) is 12.3. The maximum absolute atomic E-state index is 9.05. The van der Waals surface area contributed by atoms with E-state index in [0.717, 1.165) is 20.6 Å². The van der Waals surface area contributed by atoms with Gasteiger partial charge in [0.25, 0.3) is 0 Å². The number of aliphatic hydroxyl groups is 1. The van der Waals surface area contributed by atoms with Gasteiger partial charge in [-0.2, -0.15) is 0 Å². The smallest absolute Gasteiger partial charge is 0.104 e. The summed E-state index contributed by atoms with van der Waals surface area (Å²) in [5.74, 6) is 2.08. The lowest BCUT2D eigenvalue weighted by atomic mass is 10.1. The van der Waals surface area contributed by atoms with Gasteiger partial charge in [-0.25, -0.2) is 0 Å². The summed E-state index contributed by atoms with van der Waals surface area (Å²) in [5, 5.41) is 9.05. The molecule has 4 heteroatoms. The van der Waals surface area contributed by atoms with Crippen molar-refractivity contribution in [2.24, 2.45) is 0 Å². The average Bonchev–Trinajstić information content (AvgIpc) is 2.65. The van der Waals surface area contributed by atoms with Crippen molar-refractivity contribution in [2.45, 2.75) is 83.5 Å². The van der Waals surface area contributed by atoms with Crippen molar-refractivity contribution in [3.63, 3.8) is 0 Å². The molecule has 0 fully saturated rings. The van der Waals surface area contributed by atoms with Crippen LogP contribution in [0.4, 0.5) is 0 Å². The van der Waals surface area contributed by atoms with Crippen LogP contribution < -0.4 is 0 Å². The normalized spacial score (nSPS) is 11.0. The summed E-state index contributed by atoms with van der Waals surface area (Å²) in [5.41, 5.74) is 2.23. The fourth-order valence-electron chi connectivity index (χ4n) is 2.67. The Hall–Kier alpha value is -0.0300. The second-order valence-corrected chi connectivity index (χ2v) is 9.82. The molecule has 142 valence electrons. The molecule has 0 saturated carbocycles. The molecule has 1 aromatic carbocycles. The molecule has 0 spiro atoms. The van der Waals surface area contributed by atoms with Gasteiger partial charge in [-0.3, -0.25) is 0 Å². The number of rotatable bonds is 14. The quantitative estimate of drug-likeness (QED) is 0.261. The standard InChI is InChI=1S/C21H34OS3/c1-2-3-4-5-6-7-8-9-10-11-16-24-21(23)25-18-20-14-12-19(17-22)13-15-20/h12-15,22H,2-11,16-18H2,1H3. The lowest BCUT2D eigenvalue weighted by molar-refractivity contribution is 0.282. The van der Waals surface area contributed by atoms with Crippen LogP contribution in [0.25, 0.3) is 0 Å². The maximum Gasteiger partial charge on any atom is 0.104 e. The highest BCUT2D eigenvalue weighted by Gasteiger charge is 2.01. The zero-order valence-corrected chi connectivity index (χ0v) is 18.1. The highest BCUT2D eigenvalue weighted by molar-refractivity contribution is 8.46. The van der Waals surface area contributed by atoms with Crippen molar-refractivity contribution in [1.82, 2.24) is 0 Å². The van der Waals surface area contributed by atoms with Gasteiger partial charge in [0.15, 0.2) is 0 Å². The van der Waals surface area contributed by atoms with Crippen molar-refractivity contribution in [1.29, 1.82) is 0 Å². The fraction of sp³-hybridized carbons (Fsp3) is 0.667. The topological polar surface area (TPSA) is 20.2 Å². The SMILES string of the molecule is CCCCCCCCCCCCSC(=S)SCc1ccc(CO)cc1. The van der Waals surface area contributed by atoms with E-state index >= 15 is 0 Å². The predicted octanol–water partition coefficient (Wildman–Crippen LogP) is 7.35. The van der Waals surface area contributed by atoms with Crippen LogP contribution in [0, 0.1) is 0 Å². The highest BCUT2D eigenvalue weighted by Crippen LogP contribution is 2.23. The molecule has 25 heavy (non-hydrogen) atoms.